The largest absolute Gasteiger partial charge is 0.396 e. The van der Waals surface area contributed by atoms with Crippen molar-refractivity contribution in [3.63, 3.8) is 0 Å². The lowest BCUT2D eigenvalue weighted by molar-refractivity contribution is 0.230. The van der Waals surface area contributed by atoms with Gasteiger partial charge in [0.1, 0.15) is 11.9 Å². The molecule has 1 saturated heterocycles. The fourth-order valence-electron chi connectivity index (χ4n) is 3.34. The van der Waals surface area contributed by atoms with Crippen LogP contribution in [0.15, 0.2) is 12.1 Å². The molecule has 18 heavy (non-hydrogen) atoms. The molecule has 4 heteroatoms. The number of nitrogens with zero attached hydrogens (tertiary/aromatic N) is 3. The van der Waals surface area contributed by atoms with Crippen molar-refractivity contribution in [2.24, 2.45) is 11.8 Å². The van der Waals surface area contributed by atoms with Crippen molar-refractivity contribution >= 4 is 11.5 Å². The maximum absolute atomic E-state index is 8.99. The van der Waals surface area contributed by atoms with Crippen LogP contribution in [0.1, 0.15) is 31.4 Å². The lowest BCUT2D eigenvalue weighted by Crippen LogP contribution is -2.43. The molecule has 2 aliphatic rings. The molecule has 1 saturated carbocycles. The molecule has 4 nitrogen and oxygen atoms in total. The van der Waals surface area contributed by atoms with Crippen molar-refractivity contribution in [3.05, 3.63) is 17.8 Å². The monoisotopic (exact) mass is 242 g/mol. The second-order valence-electron chi connectivity index (χ2n) is 5.52. The summed E-state index contributed by atoms with van der Waals surface area (Å²) in [6.07, 6.45) is 5.43. The van der Waals surface area contributed by atoms with E-state index in [4.69, 9.17) is 11.0 Å². The molecule has 0 amide bonds. The van der Waals surface area contributed by atoms with Gasteiger partial charge in [-0.2, -0.15) is 5.26 Å². The summed E-state index contributed by atoms with van der Waals surface area (Å²) in [4.78, 5) is 6.71. The lowest BCUT2D eigenvalue weighted by atomic mass is 9.78. The number of pyridine rings is 1. The topological polar surface area (TPSA) is 65.9 Å². The number of piperidine rings is 1. The summed E-state index contributed by atoms with van der Waals surface area (Å²) in [6, 6.07) is 5.80. The van der Waals surface area contributed by atoms with Crippen LogP contribution in [0.3, 0.4) is 0 Å². The number of aromatic nitrogens is 1. The van der Waals surface area contributed by atoms with E-state index in [0.717, 1.165) is 30.7 Å². The molecule has 0 radical (unpaired) electrons. The van der Waals surface area contributed by atoms with Gasteiger partial charge < -0.3 is 10.6 Å². The number of hydrogen-bond acceptors (Lipinski definition) is 4. The quantitative estimate of drug-likeness (QED) is 0.819. The molecule has 1 aliphatic carbocycles. The van der Waals surface area contributed by atoms with E-state index in [-0.39, 0.29) is 0 Å². The van der Waals surface area contributed by atoms with E-state index in [9.17, 15) is 0 Å². The average Bonchev–Trinajstić information content (AvgIpc) is 2.39. The lowest BCUT2D eigenvalue weighted by Gasteiger charge is -2.42. The minimum Gasteiger partial charge on any atom is -0.396 e. The van der Waals surface area contributed by atoms with Gasteiger partial charge in [-0.15, -0.1) is 0 Å². The Bertz CT molecular complexity index is 479. The van der Waals surface area contributed by atoms with Crippen molar-refractivity contribution in [2.75, 3.05) is 23.7 Å². The summed E-state index contributed by atoms with van der Waals surface area (Å²) in [6.45, 7) is 2.16. The molecule has 0 spiro atoms. The van der Waals surface area contributed by atoms with Gasteiger partial charge in [0.15, 0.2) is 5.69 Å². The van der Waals surface area contributed by atoms with Gasteiger partial charge in [-0.05, 0) is 43.2 Å². The summed E-state index contributed by atoms with van der Waals surface area (Å²) < 4.78 is 0. The fourth-order valence-corrected chi connectivity index (χ4v) is 3.34. The maximum atomic E-state index is 8.99. The Hall–Kier alpha value is -1.76. The Labute approximate surface area is 107 Å². The van der Waals surface area contributed by atoms with E-state index in [1.165, 1.54) is 25.7 Å². The Kier molecular flexibility index (Phi) is 2.83. The van der Waals surface area contributed by atoms with Crippen LogP contribution in [0.25, 0.3) is 0 Å². The smallest absolute Gasteiger partial charge is 0.165 e. The maximum Gasteiger partial charge on any atom is 0.165 e. The standard InChI is InChI=1S/C14H18N4/c15-7-13-12(16)4-5-14(17-13)18-8-10-2-1-3-11(6-10)9-18/h4-5,10-11H,1-3,6,8-9,16H2. The fraction of sp³-hybridized carbons (Fsp3) is 0.571. The van der Waals surface area contributed by atoms with Gasteiger partial charge in [0.2, 0.25) is 0 Å². The molecule has 2 fully saturated rings. The first kappa shape index (κ1) is 11.3. The summed E-state index contributed by atoms with van der Waals surface area (Å²) in [5.74, 6) is 2.53. The third-order valence-corrected chi connectivity index (χ3v) is 4.19. The van der Waals surface area contributed by atoms with Gasteiger partial charge in [-0.25, -0.2) is 4.98 Å². The van der Waals surface area contributed by atoms with Crippen molar-refractivity contribution in [1.29, 1.82) is 5.26 Å². The minimum absolute atomic E-state index is 0.350. The van der Waals surface area contributed by atoms with Crippen LogP contribution in [0.4, 0.5) is 11.5 Å². The second-order valence-corrected chi connectivity index (χ2v) is 5.52. The van der Waals surface area contributed by atoms with Crippen LogP contribution in [0.2, 0.25) is 0 Å². The van der Waals surface area contributed by atoms with E-state index >= 15 is 0 Å². The first-order valence-electron chi connectivity index (χ1n) is 6.68. The summed E-state index contributed by atoms with van der Waals surface area (Å²) in [5.41, 5.74) is 6.54. The zero-order valence-corrected chi connectivity index (χ0v) is 10.5. The van der Waals surface area contributed by atoms with E-state index in [1.807, 2.05) is 6.07 Å². The molecule has 0 aromatic carbocycles. The molecule has 1 aromatic rings. The molecule has 1 aromatic heterocycles. The molecule has 3 rings (SSSR count). The van der Waals surface area contributed by atoms with Gasteiger partial charge in [0, 0.05) is 13.1 Å². The van der Waals surface area contributed by atoms with Crippen LogP contribution >= 0.6 is 0 Å². The Morgan fingerprint density at radius 2 is 2.00 bits per heavy atom. The number of hydrogen-bond donors (Lipinski definition) is 1. The minimum atomic E-state index is 0.350. The van der Waals surface area contributed by atoms with Crippen LogP contribution in [-0.4, -0.2) is 18.1 Å². The number of rotatable bonds is 1. The van der Waals surface area contributed by atoms with Crippen molar-refractivity contribution in [1.82, 2.24) is 4.98 Å². The summed E-state index contributed by atoms with van der Waals surface area (Å²) in [7, 11) is 0. The first-order valence-corrected chi connectivity index (χ1v) is 6.68. The number of nitriles is 1. The van der Waals surface area contributed by atoms with Gasteiger partial charge in [-0.1, -0.05) is 6.42 Å². The van der Waals surface area contributed by atoms with Gasteiger partial charge in [0.05, 0.1) is 5.69 Å². The highest BCUT2D eigenvalue weighted by Crippen LogP contribution is 2.35. The van der Waals surface area contributed by atoms with Crippen molar-refractivity contribution in [2.45, 2.75) is 25.7 Å². The van der Waals surface area contributed by atoms with E-state index in [0.29, 0.717) is 11.4 Å². The molecule has 2 bridgehead atoms. The zero-order chi connectivity index (χ0) is 12.5. The van der Waals surface area contributed by atoms with E-state index in [1.54, 1.807) is 6.07 Å². The summed E-state index contributed by atoms with van der Waals surface area (Å²) in [5, 5.41) is 8.99. The zero-order valence-electron chi connectivity index (χ0n) is 10.5. The molecule has 2 N–H and O–H groups in total. The Balaban J connectivity index is 1.84. The number of anilines is 2. The molecule has 1 aliphatic heterocycles. The van der Waals surface area contributed by atoms with Gasteiger partial charge in [-0.3, -0.25) is 0 Å². The average molecular weight is 242 g/mol. The van der Waals surface area contributed by atoms with E-state index < -0.39 is 0 Å². The predicted octanol–water partition coefficient (Wildman–Crippen LogP) is 2.16. The number of fused-ring (bicyclic) bond motifs is 2. The Morgan fingerprint density at radius 1 is 1.28 bits per heavy atom. The highest BCUT2D eigenvalue weighted by Gasteiger charge is 2.31. The first-order chi connectivity index (χ1) is 8.76. The van der Waals surface area contributed by atoms with Crippen LogP contribution in [0, 0.1) is 23.2 Å². The van der Waals surface area contributed by atoms with Crippen LogP contribution in [-0.2, 0) is 0 Å². The third-order valence-electron chi connectivity index (χ3n) is 4.19. The van der Waals surface area contributed by atoms with Gasteiger partial charge >= 0.3 is 0 Å². The van der Waals surface area contributed by atoms with Gasteiger partial charge in [0.25, 0.3) is 0 Å². The molecule has 2 atom stereocenters. The number of nitrogens with two attached hydrogens (primary N) is 1. The molecule has 94 valence electrons. The van der Waals surface area contributed by atoms with Crippen molar-refractivity contribution in [3.8, 4) is 6.07 Å². The molecule has 2 unspecified atom stereocenters. The third kappa shape index (κ3) is 2.01. The van der Waals surface area contributed by atoms with Crippen LogP contribution < -0.4 is 10.6 Å². The predicted molar refractivity (Wildman–Crippen MR) is 71.0 cm³/mol. The highest BCUT2D eigenvalue weighted by atomic mass is 15.2. The normalized spacial score (nSPS) is 26.7. The summed E-state index contributed by atoms with van der Waals surface area (Å²) >= 11 is 0. The molecule has 2 heterocycles. The Morgan fingerprint density at radius 3 is 2.67 bits per heavy atom. The second kappa shape index (κ2) is 4.49. The SMILES string of the molecule is N#Cc1nc(N2CC3CCCC(C3)C2)ccc1N. The number of nitrogen functional groups attached to an aromatic ring is 1. The highest BCUT2D eigenvalue weighted by molar-refractivity contribution is 5.55. The molecular formula is C14H18N4. The van der Waals surface area contributed by atoms with Crippen LogP contribution in [0.5, 0.6) is 0 Å². The molecular weight excluding hydrogens is 224 g/mol. The van der Waals surface area contributed by atoms with Crippen molar-refractivity contribution < 1.29 is 0 Å². The van der Waals surface area contributed by atoms with E-state index in [2.05, 4.69) is 16.0 Å².